The second-order valence-electron chi connectivity index (χ2n) is 11.0. The van der Waals surface area contributed by atoms with Gasteiger partial charge in [0, 0.05) is 24.4 Å². The fraction of sp³-hybridized carbons (Fsp3) is 0.400. The third-order valence-corrected chi connectivity index (χ3v) is 8.03. The summed E-state index contributed by atoms with van der Waals surface area (Å²) in [5, 5.41) is -0.0735. The van der Waals surface area contributed by atoms with E-state index in [-0.39, 0.29) is 29.7 Å². The first kappa shape index (κ1) is 23.4. The molecule has 2 aliphatic rings. The predicted octanol–water partition coefficient (Wildman–Crippen LogP) is 7.06. The standard InChI is InChI=1S/C30H36BNO2/c1-28(2)29(3,4)34-31(33-28)30(20-21-30)27(26-18-12-7-13-19-26)32(22-24-14-8-5-9-15-24)23-25-16-10-6-11-17-25/h5-19,27H,20-23H2,1-4H3/t27-/m1/s1. The highest BCUT2D eigenvalue weighted by molar-refractivity contribution is 6.51. The number of hydrogen-bond donors (Lipinski definition) is 0. The summed E-state index contributed by atoms with van der Waals surface area (Å²) in [6, 6.07) is 32.8. The molecule has 0 radical (unpaired) electrons. The van der Waals surface area contributed by atoms with Crippen molar-refractivity contribution in [3.63, 3.8) is 0 Å². The molecule has 0 spiro atoms. The van der Waals surface area contributed by atoms with E-state index in [9.17, 15) is 0 Å². The molecule has 1 atom stereocenters. The molecular weight excluding hydrogens is 417 g/mol. The van der Waals surface area contributed by atoms with Gasteiger partial charge in [-0.1, -0.05) is 91.0 Å². The van der Waals surface area contributed by atoms with E-state index in [1.165, 1.54) is 16.7 Å². The van der Waals surface area contributed by atoms with Gasteiger partial charge in [0.15, 0.2) is 0 Å². The van der Waals surface area contributed by atoms with Gasteiger partial charge >= 0.3 is 7.12 Å². The Bertz CT molecular complexity index is 1020. The molecule has 0 amide bonds. The van der Waals surface area contributed by atoms with Crippen LogP contribution in [0.15, 0.2) is 91.0 Å². The summed E-state index contributed by atoms with van der Waals surface area (Å²) in [4.78, 5) is 2.64. The van der Waals surface area contributed by atoms with Gasteiger partial charge in [-0.3, -0.25) is 4.90 Å². The van der Waals surface area contributed by atoms with Crippen LogP contribution in [0.2, 0.25) is 5.31 Å². The molecule has 1 heterocycles. The molecule has 176 valence electrons. The lowest BCUT2D eigenvalue weighted by atomic mass is 9.61. The van der Waals surface area contributed by atoms with Crippen LogP contribution in [0.3, 0.4) is 0 Å². The summed E-state index contributed by atoms with van der Waals surface area (Å²) in [6.07, 6.45) is 2.20. The summed E-state index contributed by atoms with van der Waals surface area (Å²) in [6.45, 7) is 10.4. The summed E-state index contributed by atoms with van der Waals surface area (Å²) in [5.41, 5.74) is 3.31. The van der Waals surface area contributed by atoms with Gasteiger partial charge in [0.25, 0.3) is 0 Å². The van der Waals surface area contributed by atoms with Crippen LogP contribution in [-0.2, 0) is 22.4 Å². The van der Waals surface area contributed by atoms with Gasteiger partial charge in [-0.25, -0.2) is 0 Å². The molecule has 3 nitrogen and oxygen atoms in total. The maximum atomic E-state index is 6.70. The highest BCUT2D eigenvalue weighted by Crippen LogP contribution is 2.68. The van der Waals surface area contributed by atoms with Gasteiger partial charge in [0.05, 0.1) is 11.2 Å². The van der Waals surface area contributed by atoms with E-state index < -0.39 is 0 Å². The molecule has 2 fully saturated rings. The van der Waals surface area contributed by atoms with Crippen LogP contribution in [0.1, 0.15) is 63.3 Å². The van der Waals surface area contributed by atoms with Crippen LogP contribution in [0, 0.1) is 0 Å². The molecule has 34 heavy (non-hydrogen) atoms. The normalized spacial score (nSPS) is 20.9. The molecular formula is C30H36BNO2. The summed E-state index contributed by atoms with van der Waals surface area (Å²) < 4.78 is 13.4. The Kier molecular flexibility index (Phi) is 6.18. The van der Waals surface area contributed by atoms with Crippen molar-refractivity contribution in [2.24, 2.45) is 0 Å². The molecule has 0 N–H and O–H groups in total. The third kappa shape index (κ3) is 4.47. The van der Waals surface area contributed by atoms with Gasteiger partial charge in [-0.2, -0.15) is 0 Å². The number of hydrogen-bond acceptors (Lipinski definition) is 3. The zero-order valence-electron chi connectivity index (χ0n) is 20.9. The fourth-order valence-electron chi connectivity index (χ4n) is 5.28. The fourth-order valence-corrected chi connectivity index (χ4v) is 5.28. The van der Waals surface area contributed by atoms with Crippen molar-refractivity contribution >= 4 is 7.12 Å². The van der Waals surface area contributed by atoms with Crippen molar-refractivity contribution < 1.29 is 9.31 Å². The minimum atomic E-state index is -0.335. The van der Waals surface area contributed by atoms with E-state index in [2.05, 4.69) is 124 Å². The van der Waals surface area contributed by atoms with Crippen LogP contribution in [-0.4, -0.2) is 23.2 Å². The van der Waals surface area contributed by atoms with Gasteiger partial charge in [-0.15, -0.1) is 0 Å². The quantitative estimate of drug-likeness (QED) is 0.341. The first-order chi connectivity index (χ1) is 16.3. The minimum Gasteiger partial charge on any atom is -0.403 e. The first-order valence-corrected chi connectivity index (χ1v) is 12.5. The van der Waals surface area contributed by atoms with E-state index in [0.717, 1.165) is 25.9 Å². The summed E-state index contributed by atoms with van der Waals surface area (Å²) in [5.74, 6) is 0. The summed E-state index contributed by atoms with van der Waals surface area (Å²) >= 11 is 0. The lowest BCUT2D eigenvalue weighted by Gasteiger charge is -2.39. The topological polar surface area (TPSA) is 21.7 Å². The lowest BCUT2D eigenvalue weighted by molar-refractivity contribution is 0.00578. The molecule has 3 aromatic carbocycles. The first-order valence-electron chi connectivity index (χ1n) is 12.5. The van der Waals surface area contributed by atoms with Crippen molar-refractivity contribution in [1.82, 2.24) is 4.90 Å². The van der Waals surface area contributed by atoms with Gasteiger partial charge in [0.1, 0.15) is 0 Å². The van der Waals surface area contributed by atoms with Gasteiger partial charge in [-0.05, 0) is 57.2 Å². The monoisotopic (exact) mass is 453 g/mol. The second kappa shape index (κ2) is 9.00. The van der Waals surface area contributed by atoms with Gasteiger partial charge in [0.2, 0.25) is 0 Å². The maximum absolute atomic E-state index is 6.70. The predicted molar refractivity (Wildman–Crippen MR) is 139 cm³/mol. The minimum absolute atomic E-state index is 0.0735. The van der Waals surface area contributed by atoms with Crippen LogP contribution in [0.4, 0.5) is 0 Å². The van der Waals surface area contributed by atoms with Crippen molar-refractivity contribution in [3.8, 4) is 0 Å². The molecule has 0 aromatic heterocycles. The van der Waals surface area contributed by atoms with Crippen LogP contribution >= 0.6 is 0 Å². The Hall–Kier alpha value is -2.40. The van der Waals surface area contributed by atoms with Gasteiger partial charge < -0.3 is 9.31 Å². The number of rotatable bonds is 8. The van der Waals surface area contributed by atoms with Crippen LogP contribution in [0.5, 0.6) is 0 Å². The Morgan fingerprint density at radius 2 is 1.09 bits per heavy atom. The lowest BCUT2D eigenvalue weighted by Crippen LogP contribution is -2.41. The average molecular weight is 453 g/mol. The number of benzene rings is 3. The Morgan fingerprint density at radius 1 is 0.676 bits per heavy atom. The summed E-state index contributed by atoms with van der Waals surface area (Å²) in [7, 11) is -0.225. The third-order valence-electron chi connectivity index (χ3n) is 8.03. The van der Waals surface area contributed by atoms with Crippen molar-refractivity contribution in [3.05, 3.63) is 108 Å². The highest BCUT2D eigenvalue weighted by atomic mass is 16.7. The van der Waals surface area contributed by atoms with E-state index in [1.54, 1.807) is 0 Å². The van der Waals surface area contributed by atoms with Crippen molar-refractivity contribution in [2.45, 2.75) is 76.2 Å². The van der Waals surface area contributed by atoms with E-state index in [0.29, 0.717) is 0 Å². The molecule has 0 bridgehead atoms. The smallest absolute Gasteiger partial charge is 0.403 e. The molecule has 4 heteroatoms. The Morgan fingerprint density at radius 3 is 1.50 bits per heavy atom. The Balaban J connectivity index is 1.56. The molecule has 3 aromatic rings. The molecule has 1 aliphatic carbocycles. The Labute approximate surface area is 205 Å². The van der Waals surface area contributed by atoms with Crippen molar-refractivity contribution in [2.75, 3.05) is 0 Å². The highest BCUT2D eigenvalue weighted by Gasteiger charge is 2.68. The number of nitrogens with zero attached hydrogens (tertiary/aromatic N) is 1. The molecule has 0 unspecified atom stereocenters. The second-order valence-corrected chi connectivity index (χ2v) is 11.0. The zero-order chi connectivity index (χ0) is 23.8. The van der Waals surface area contributed by atoms with E-state index in [4.69, 9.17) is 9.31 Å². The maximum Gasteiger partial charge on any atom is 0.466 e. The van der Waals surface area contributed by atoms with Crippen LogP contribution < -0.4 is 0 Å². The molecule has 5 rings (SSSR count). The SMILES string of the molecule is CC1(C)OB(C2([C@@H](c3ccccc3)N(Cc3ccccc3)Cc3ccccc3)CC2)OC1(C)C. The van der Waals surface area contributed by atoms with Crippen LogP contribution in [0.25, 0.3) is 0 Å². The molecule has 1 saturated heterocycles. The van der Waals surface area contributed by atoms with E-state index in [1.807, 2.05) is 0 Å². The van der Waals surface area contributed by atoms with E-state index >= 15 is 0 Å². The molecule has 1 aliphatic heterocycles. The largest absolute Gasteiger partial charge is 0.466 e. The average Bonchev–Trinajstić information content (AvgIpc) is 3.58. The van der Waals surface area contributed by atoms with Crippen molar-refractivity contribution in [1.29, 1.82) is 0 Å². The zero-order valence-corrected chi connectivity index (χ0v) is 20.9. The molecule has 1 saturated carbocycles.